The molecule has 5 heteroatoms. The average molecular weight is 291 g/mol. The van der Waals surface area contributed by atoms with Crippen molar-refractivity contribution in [3.05, 3.63) is 35.4 Å². The van der Waals surface area contributed by atoms with Crippen LogP contribution in [0, 0.1) is 6.92 Å². The minimum absolute atomic E-state index is 0.120. The van der Waals surface area contributed by atoms with Crippen molar-refractivity contribution >= 4 is 11.9 Å². The molecule has 1 aliphatic rings. The van der Waals surface area contributed by atoms with Gasteiger partial charge in [-0.05, 0) is 24.5 Å². The van der Waals surface area contributed by atoms with Gasteiger partial charge in [0.15, 0.2) is 0 Å². The Balaban J connectivity index is 1.99. The highest BCUT2D eigenvalue weighted by atomic mass is 16.5. The van der Waals surface area contributed by atoms with Crippen molar-refractivity contribution in [2.24, 2.45) is 0 Å². The number of nitrogens with zero attached hydrogens (tertiary/aromatic N) is 1. The van der Waals surface area contributed by atoms with Crippen molar-refractivity contribution in [2.45, 2.75) is 38.3 Å². The zero-order valence-electron chi connectivity index (χ0n) is 12.4. The van der Waals surface area contributed by atoms with E-state index >= 15 is 0 Å². The van der Waals surface area contributed by atoms with Crippen molar-refractivity contribution in [1.29, 1.82) is 0 Å². The van der Waals surface area contributed by atoms with Crippen LogP contribution in [0.1, 0.15) is 24.0 Å². The minimum Gasteiger partial charge on any atom is -0.467 e. The zero-order valence-corrected chi connectivity index (χ0v) is 12.4. The van der Waals surface area contributed by atoms with Gasteiger partial charge >= 0.3 is 5.97 Å². The van der Waals surface area contributed by atoms with E-state index in [4.69, 9.17) is 4.74 Å². The first-order chi connectivity index (χ1) is 10.0. The molecule has 0 aromatic heterocycles. The first kappa shape index (κ1) is 15.5. The highest BCUT2D eigenvalue weighted by Gasteiger charge is 2.39. The number of methoxy groups -OCH3 is 1. The van der Waals surface area contributed by atoms with Gasteiger partial charge < -0.3 is 14.7 Å². The molecule has 21 heavy (non-hydrogen) atoms. The lowest BCUT2D eigenvalue weighted by atomic mass is 10.0. The first-order valence-corrected chi connectivity index (χ1v) is 7.12. The summed E-state index contributed by atoms with van der Waals surface area (Å²) in [4.78, 5) is 25.4. The summed E-state index contributed by atoms with van der Waals surface area (Å²) in [5.74, 6) is -0.582. The molecular formula is C16H21NO4. The summed E-state index contributed by atoms with van der Waals surface area (Å²) in [6.07, 6.45) is 0.552. The van der Waals surface area contributed by atoms with Crippen LogP contribution < -0.4 is 0 Å². The summed E-state index contributed by atoms with van der Waals surface area (Å²) >= 11 is 0. The monoisotopic (exact) mass is 291 g/mol. The molecule has 1 saturated heterocycles. The molecule has 1 heterocycles. The molecule has 1 aliphatic heterocycles. The van der Waals surface area contributed by atoms with Gasteiger partial charge in [-0.25, -0.2) is 4.79 Å². The topological polar surface area (TPSA) is 66.8 Å². The lowest BCUT2D eigenvalue weighted by Crippen LogP contribution is -2.41. The molecule has 2 unspecified atom stereocenters. The molecule has 5 nitrogen and oxygen atoms in total. The lowest BCUT2D eigenvalue weighted by molar-refractivity contribution is -0.150. The number of benzene rings is 1. The molecule has 0 bridgehead atoms. The average Bonchev–Trinajstić information content (AvgIpc) is 2.87. The van der Waals surface area contributed by atoms with Crippen LogP contribution in [0.15, 0.2) is 24.3 Å². The molecular weight excluding hydrogens is 270 g/mol. The van der Waals surface area contributed by atoms with E-state index in [0.717, 1.165) is 11.1 Å². The van der Waals surface area contributed by atoms with E-state index in [1.165, 1.54) is 12.0 Å². The summed E-state index contributed by atoms with van der Waals surface area (Å²) in [6, 6.07) is 7.26. The standard InChI is InChI=1S/C16H21NO4/c1-11-5-3-4-6-12(11)7-8-15(19)17-10-13(18)9-14(17)16(20)21-2/h3-6,13-14,18H,7-10H2,1-2H3. The number of aliphatic hydroxyl groups is 1. The predicted octanol–water partition coefficient (Wildman–Crippen LogP) is 1.06. The number of rotatable bonds is 4. The maximum atomic E-state index is 12.3. The van der Waals surface area contributed by atoms with Crippen molar-refractivity contribution in [3.8, 4) is 0 Å². The van der Waals surface area contributed by atoms with Gasteiger partial charge in [0.05, 0.1) is 13.2 Å². The fourth-order valence-electron chi connectivity index (χ4n) is 2.72. The van der Waals surface area contributed by atoms with Gasteiger partial charge in [0.1, 0.15) is 6.04 Å². The Morgan fingerprint density at radius 2 is 2.10 bits per heavy atom. The van der Waals surface area contributed by atoms with Crippen molar-refractivity contribution in [1.82, 2.24) is 4.90 Å². The van der Waals surface area contributed by atoms with Crippen LogP contribution in [-0.2, 0) is 20.7 Å². The summed E-state index contributed by atoms with van der Waals surface area (Å²) in [6.45, 7) is 2.21. The molecule has 0 aliphatic carbocycles. The summed E-state index contributed by atoms with van der Waals surface area (Å²) in [5, 5.41) is 9.69. The Kier molecular flexibility index (Phi) is 4.96. The van der Waals surface area contributed by atoms with E-state index in [2.05, 4.69) is 0 Å². The van der Waals surface area contributed by atoms with Gasteiger partial charge in [-0.3, -0.25) is 4.79 Å². The number of aryl methyl sites for hydroxylation is 2. The van der Waals surface area contributed by atoms with Crippen LogP contribution in [0.2, 0.25) is 0 Å². The fraction of sp³-hybridized carbons (Fsp3) is 0.500. The molecule has 2 rings (SSSR count). The van der Waals surface area contributed by atoms with Crippen molar-refractivity contribution in [3.63, 3.8) is 0 Å². The largest absolute Gasteiger partial charge is 0.467 e. The van der Waals surface area contributed by atoms with Crippen LogP contribution in [0.25, 0.3) is 0 Å². The van der Waals surface area contributed by atoms with E-state index in [-0.39, 0.29) is 18.9 Å². The third-order valence-electron chi connectivity index (χ3n) is 3.94. The molecule has 1 N–H and O–H groups in total. The van der Waals surface area contributed by atoms with E-state index in [1.54, 1.807) is 0 Å². The second-order valence-corrected chi connectivity index (χ2v) is 5.40. The SMILES string of the molecule is COC(=O)C1CC(O)CN1C(=O)CCc1ccccc1C. The van der Waals surface area contributed by atoms with E-state index in [9.17, 15) is 14.7 Å². The third-order valence-corrected chi connectivity index (χ3v) is 3.94. The van der Waals surface area contributed by atoms with Gasteiger partial charge in [0, 0.05) is 19.4 Å². The number of ether oxygens (including phenoxy) is 1. The molecule has 1 aromatic rings. The number of likely N-dealkylation sites (tertiary alicyclic amines) is 1. The molecule has 0 radical (unpaired) electrons. The van der Waals surface area contributed by atoms with E-state index < -0.39 is 18.1 Å². The van der Waals surface area contributed by atoms with Gasteiger partial charge in [-0.1, -0.05) is 24.3 Å². The number of hydrogen-bond acceptors (Lipinski definition) is 4. The molecule has 0 spiro atoms. The number of amides is 1. The fourth-order valence-corrected chi connectivity index (χ4v) is 2.72. The van der Waals surface area contributed by atoms with Crippen LogP contribution in [0.3, 0.4) is 0 Å². The van der Waals surface area contributed by atoms with Gasteiger partial charge in [0.2, 0.25) is 5.91 Å². The number of hydrogen-bond donors (Lipinski definition) is 1. The normalized spacial score (nSPS) is 21.4. The van der Waals surface area contributed by atoms with Crippen molar-refractivity contribution in [2.75, 3.05) is 13.7 Å². The maximum absolute atomic E-state index is 12.3. The predicted molar refractivity (Wildman–Crippen MR) is 77.6 cm³/mol. The summed E-state index contributed by atoms with van der Waals surface area (Å²) < 4.78 is 4.70. The highest BCUT2D eigenvalue weighted by molar-refractivity contribution is 5.85. The second kappa shape index (κ2) is 6.72. The molecule has 2 atom stereocenters. The third kappa shape index (κ3) is 3.61. The minimum atomic E-state index is -0.658. The van der Waals surface area contributed by atoms with Gasteiger partial charge in [-0.2, -0.15) is 0 Å². The van der Waals surface area contributed by atoms with E-state index in [0.29, 0.717) is 12.8 Å². The number of carbonyl (C=O) groups excluding carboxylic acids is 2. The van der Waals surface area contributed by atoms with Crippen LogP contribution in [0.5, 0.6) is 0 Å². The second-order valence-electron chi connectivity index (χ2n) is 5.40. The highest BCUT2D eigenvalue weighted by Crippen LogP contribution is 2.21. The number of β-amino-alcohol motifs (C(OH)–C–C–N with tert-alkyl or cyclic N) is 1. The molecule has 1 aromatic carbocycles. The van der Waals surface area contributed by atoms with Crippen LogP contribution in [-0.4, -0.2) is 47.7 Å². The van der Waals surface area contributed by atoms with E-state index in [1.807, 2.05) is 31.2 Å². The number of esters is 1. The molecule has 1 amide bonds. The maximum Gasteiger partial charge on any atom is 0.328 e. The Bertz CT molecular complexity index is 529. The molecule has 1 fully saturated rings. The van der Waals surface area contributed by atoms with Gasteiger partial charge in [0.25, 0.3) is 0 Å². The Morgan fingerprint density at radius 3 is 2.76 bits per heavy atom. The number of carbonyl (C=O) groups is 2. The number of aliphatic hydroxyl groups excluding tert-OH is 1. The Labute approximate surface area is 124 Å². The molecule has 114 valence electrons. The smallest absolute Gasteiger partial charge is 0.328 e. The Morgan fingerprint density at radius 1 is 1.38 bits per heavy atom. The summed E-state index contributed by atoms with van der Waals surface area (Å²) in [7, 11) is 1.29. The first-order valence-electron chi connectivity index (χ1n) is 7.12. The van der Waals surface area contributed by atoms with Crippen LogP contribution in [0.4, 0.5) is 0 Å². The quantitative estimate of drug-likeness (QED) is 0.842. The van der Waals surface area contributed by atoms with Crippen LogP contribution >= 0.6 is 0 Å². The van der Waals surface area contributed by atoms with Crippen molar-refractivity contribution < 1.29 is 19.4 Å². The zero-order chi connectivity index (χ0) is 15.4. The summed E-state index contributed by atoms with van der Waals surface area (Å²) in [5.41, 5.74) is 2.27. The Hall–Kier alpha value is -1.88. The molecule has 0 saturated carbocycles. The van der Waals surface area contributed by atoms with Gasteiger partial charge in [-0.15, -0.1) is 0 Å². The lowest BCUT2D eigenvalue weighted by Gasteiger charge is -2.22.